The minimum atomic E-state index is -6.47. The first-order chi connectivity index (χ1) is 14.0. The van der Waals surface area contributed by atoms with Gasteiger partial charge in [-0.25, -0.2) is 8.78 Å². The largest absolute Gasteiger partial charge is 0.461 e. The topological polar surface area (TPSA) is 52.6 Å². The Morgan fingerprint density at radius 1 is 0.839 bits per heavy atom. The zero-order valence-electron chi connectivity index (χ0n) is 17.1. The van der Waals surface area contributed by atoms with Crippen LogP contribution < -0.4 is 0 Å². The molecule has 0 rings (SSSR count). The van der Waals surface area contributed by atoms with Crippen molar-refractivity contribution in [1.29, 1.82) is 0 Å². The van der Waals surface area contributed by atoms with E-state index in [0.717, 1.165) is 24.0 Å². The molecule has 31 heavy (non-hydrogen) atoms. The van der Waals surface area contributed by atoms with Crippen molar-refractivity contribution in [2.24, 2.45) is 0 Å². The second-order valence-corrected chi connectivity index (χ2v) is 6.92. The van der Waals surface area contributed by atoms with E-state index in [-0.39, 0.29) is 6.61 Å². The monoisotopic (exact) mass is 468 g/mol. The predicted molar refractivity (Wildman–Crippen MR) is 94.4 cm³/mol. The van der Waals surface area contributed by atoms with E-state index in [4.69, 9.17) is 4.74 Å². The van der Waals surface area contributed by atoms with Gasteiger partial charge in [0.05, 0.1) is 12.8 Å². The maximum Gasteiger partial charge on any atom is 0.381 e. The van der Waals surface area contributed by atoms with Gasteiger partial charge in [0.15, 0.2) is 6.61 Å². The maximum absolute atomic E-state index is 13.2. The van der Waals surface area contributed by atoms with E-state index >= 15 is 0 Å². The number of carbonyl (C=O) groups excluding carboxylic acids is 2. The van der Waals surface area contributed by atoms with Crippen molar-refractivity contribution < 1.29 is 54.2 Å². The number of esters is 2. The smallest absolute Gasteiger partial charge is 0.381 e. The highest BCUT2D eigenvalue weighted by Gasteiger charge is 2.75. The van der Waals surface area contributed by atoms with Crippen LogP contribution in [0, 0.1) is 0 Å². The molecule has 180 valence electrons. The van der Waals surface area contributed by atoms with Crippen LogP contribution in [0.5, 0.6) is 0 Å². The highest BCUT2D eigenvalue weighted by atomic mass is 19.4. The first kappa shape index (κ1) is 28.9. The Bertz CT molecular complexity index is 668. The van der Waals surface area contributed by atoms with Crippen molar-refractivity contribution >= 4 is 11.9 Å². The van der Waals surface area contributed by atoms with Gasteiger partial charge in [0.25, 0.3) is 0 Å². The first-order valence-electron chi connectivity index (χ1n) is 9.06. The molecule has 0 bridgehead atoms. The number of halogens is 8. The summed E-state index contributed by atoms with van der Waals surface area (Å²) in [5.41, 5.74) is 2.07. The molecule has 0 aromatic heterocycles. The summed E-state index contributed by atoms with van der Waals surface area (Å²) in [4.78, 5) is 22.8. The first-order valence-corrected chi connectivity index (χ1v) is 9.06. The van der Waals surface area contributed by atoms with Crippen LogP contribution >= 0.6 is 0 Å². The zero-order chi connectivity index (χ0) is 24.5. The van der Waals surface area contributed by atoms with E-state index in [1.54, 1.807) is 13.0 Å². The minimum absolute atomic E-state index is 0.123. The standard InChI is InChI=1S/C19H24F8O4/c1-12(2)5-4-6-13(3)9-10-30-14(28)7-8-15(29)31-11-17(22,23)19(26,27)18(24,25)16(20)21/h5,9,16H,4,6-8,10-11H2,1-3H3/b13-9-. The van der Waals surface area contributed by atoms with Gasteiger partial charge in [-0.3, -0.25) is 9.59 Å². The molecule has 0 heterocycles. The van der Waals surface area contributed by atoms with Gasteiger partial charge in [-0.2, -0.15) is 26.3 Å². The molecule has 12 heteroatoms. The summed E-state index contributed by atoms with van der Waals surface area (Å²) in [5, 5.41) is 0. The van der Waals surface area contributed by atoms with E-state index in [1.165, 1.54) is 0 Å². The number of hydrogen-bond donors (Lipinski definition) is 0. The van der Waals surface area contributed by atoms with Gasteiger partial charge in [-0.15, -0.1) is 0 Å². The Balaban J connectivity index is 4.45. The van der Waals surface area contributed by atoms with E-state index < -0.39 is 55.6 Å². The molecule has 0 amide bonds. The van der Waals surface area contributed by atoms with Crippen molar-refractivity contribution in [3.63, 3.8) is 0 Å². The van der Waals surface area contributed by atoms with Crippen molar-refractivity contribution in [1.82, 2.24) is 0 Å². The van der Waals surface area contributed by atoms with Crippen molar-refractivity contribution in [2.75, 3.05) is 13.2 Å². The fourth-order valence-electron chi connectivity index (χ4n) is 1.96. The van der Waals surface area contributed by atoms with E-state index in [1.807, 2.05) is 19.9 Å². The zero-order valence-corrected chi connectivity index (χ0v) is 17.1. The number of rotatable bonds is 13. The van der Waals surface area contributed by atoms with Gasteiger partial charge in [-0.05, 0) is 39.7 Å². The Morgan fingerprint density at radius 3 is 1.84 bits per heavy atom. The lowest BCUT2D eigenvalue weighted by atomic mass is 10.1. The highest BCUT2D eigenvalue weighted by Crippen LogP contribution is 2.48. The molecule has 0 spiro atoms. The second kappa shape index (κ2) is 12.0. The number of carbonyl (C=O) groups is 2. The third kappa shape index (κ3) is 9.26. The normalized spacial score (nSPS) is 13.2. The number of hydrogen-bond acceptors (Lipinski definition) is 4. The molecule has 0 aromatic rings. The molecule has 0 aromatic carbocycles. The van der Waals surface area contributed by atoms with Gasteiger partial charge in [0.1, 0.15) is 6.61 Å². The van der Waals surface area contributed by atoms with Crippen LogP contribution in [0.4, 0.5) is 35.1 Å². The van der Waals surface area contributed by atoms with Gasteiger partial charge < -0.3 is 9.47 Å². The fraction of sp³-hybridized carbons (Fsp3) is 0.684. The summed E-state index contributed by atoms with van der Waals surface area (Å²) in [6.07, 6.45) is -1.45. The number of allylic oxidation sites excluding steroid dienone is 3. The predicted octanol–water partition coefficient (Wildman–Crippen LogP) is 5.72. The summed E-state index contributed by atoms with van der Waals surface area (Å²) >= 11 is 0. The van der Waals surface area contributed by atoms with Crippen LogP contribution in [-0.2, 0) is 19.1 Å². The molecule has 0 atom stereocenters. The third-order valence-electron chi connectivity index (χ3n) is 3.87. The van der Waals surface area contributed by atoms with Crippen LogP contribution in [0.1, 0.15) is 46.5 Å². The molecule has 0 aliphatic rings. The fourth-order valence-corrected chi connectivity index (χ4v) is 1.96. The number of ether oxygens (including phenoxy) is 2. The van der Waals surface area contributed by atoms with Crippen LogP contribution in [0.2, 0.25) is 0 Å². The Morgan fingerprint density at radius 2 is 1.35 bits per heavy atom. The minimum Gasteiger partial charge on any atom is -0.461 e. The van der Waals surface area contributed by atoms with Crippen molar-refractivity contribution in [3.05, 3.63) is 23.3 Å². The van der Waals surface area contributed by atoms with E-state index in [0.29, 0.717) is 0 Å². The molecule has 0 aliphatic carbocycles. The van der Waals surface area contributed by atoms with Crippen LogP contribution in [0.3, 0.4) is 0 Å². The van der Waals surface area contributed by atoms with Crippen molar-refractivity contribution in [2.45, 2.75) is 70.6 Å². The molecule has 0 N–H and O–H groups in total. The van der Waals surface area contributed by atoms with Crippen molar-refractivity contribution in [3.8, 4) is 0 Å². The summed E-state index contributed by atoms with van der Waals surface area (Å²) in [6, 6.07) is 0. The highest BCUT2D eigenvalue weighted by molar-refractivity contribution is 5.77. The van der Waals surface area contributed by atoms with Gasteiger partial charge in [0, 0.05) is 0 Å². The Kier molecular flexibility index (Phi) is 11.2. The summed E-state index contributed by atoms with van der Waals surface area (Å²) < 4.78 is 110. The molecular weight excluding hydrogens is 444 g/mol. The average Bonchev–Trinajstić information content (AvgIpc) is 2.64. The Labute approximate surface area is 174 Å². The van der Waals surface area contributed by atoms with E-state index in [2.05, 4.69) is 4.74 Å². The molecule has 0 saturated heterocycles. The third-order valence-corrected chi connectivity index (χ3v) is 3.87. The van der Waals surface area contributed by atoms with Crippen LogP contribution in [-0.4, -0.2) is 49.3 Å². The molecular formula is C19H24F8O4. The lowest BCUT2D eigenvalue weighted by Gasteiger charge is -2.31. The van der Waals surface area contributed by atoms with Gasteiger partial charge >= 0.3 is 36.1 Å². The van der Waals surface area contributed by atoms with Gasteiger partial charge in [-0.1, -0.05) is 17.2 Å². The summed E-state index contributed by atoms with van der Waals surface area (Å²) in [7, 11) is 0. The lowest BCUT2D eigenvalue weighted by molar-refractivity contribution is -0.344. The SMILES string of the molecule is CC(C)=CCC/C(C)=C\COC(=O)CCC(=O)OCC(F)(F)C(F)(F)C(F)(F)C(F)F. The van der Waals surface area contributed by atoms with E-state index in [9.17, 15) is 44.7 Å². The second-order valence-electron chi connectivity index (χ2n) is 6.92. The quantitative estimate of drug-likeness (QED) is 0.197. The summed E-state index contributed by atoms with van der Waals surface area (Å²) in [6.45, 7) is 3.00. The molecule has 0 saturated carbocycles. The van der Waals surface area contributed by atoms with Gasteiger partial charge in [0.2, 0.25) is 0 Å². The Hall–Kier alpha value is -2.14. The summed E-state index contributed by atoms with van der Waals surface area (Å²) in [5.74, 6) is -21.1. The lowest BCUT2D eigenvalue weighted by Crippen LogP contribution is -2.59. The van der Waals surface area contributed by atoms with Crippen LogP contribution in [0.25, 0.3) is 0 Å². The van der Waals surface area contributed by atoms with Crippen LogP contribution in [0.15, 0.2) is 23.3 Å². The molecule has 0 fully saturated rings. The molecule has 0 radical (unpaired) electrons. The number of alkyl halides is 8. The average molecular weight is 468 g/mol. The molecule has 0 unspecified atom stereocenters. The molecule has 4 nitrogen and oxygen atoms in total. The molecule has 0 aliphatic heterocycles. The maximum atomic E-state index is 13.2.